The van der Waals surface area contributed by atoms with E-state index in [1.54, 1.807) is 6.08 Å². The van der Waals surface area contributed by atoms with E-state index in [1.807, 2.05) is 73.7 Å². The monoisotopic (exact) mass is 315 g/mol. The van der Waals surface area contributed by atoms with Gasteiger partial charge in [-0.25, -0.2) is 0 Å². The van der Waals surface area contributed by atoms with Gasteiger partial charge in [0.1, 0.15) is 6.07 Å². The Labute approximate surface area is 141 Å². The summed E-state index contributed by atoms with van der Waals surface area (Å²) in [5, 5.41) is 12.5. The minimum atomic E-state index is 0.0113. The minimum absolute atomic E-state index is 0.0113. The molecule has 1 atom stereocenters. The molecule has 0 bridgehead atoms. The van der Waals surface area contributed by atoms with Crippen LogP contribution in [-0.2, 0) is 0 Å². The van der Waals surface area contributed by atoms with Gasteiger partial charge in [0.2, 0.25) is 17.5 Å². The fourth-order valence-corrected chi connectivity index (χ4v) is 2.33. The number of anilines is 1. The summed E-state index contributed by atoms with van der Waals surface area (Å²) in [6.45, 7) is 2.01. The topological polar surface area (TPSA) is 61.9 Å². The number of oxazole rings is 1. The van der Waals surface area contributed by atoms with Gasteiger partial charge in [-0.3, -0.25) is 0 Å². The van der Waals surface area contributed by atoms with Gasteiger partial charge in [0, 0.05) is 6.08 Å². The summed E-state index contributed by atoms with van der Waals surface area (Å²) in [6.07, 6.45) is 3.66. The lowest BCUT2D eigenvalue weighted by Gasteiger charge is -2.12. The smallest absolute Gasteiger partial charge is 0.233 e. The second kappa shape index (κ2) is 7.30. The fraction of sp³-hybridized carbons (Fsp3) is 0.100. The molecule has 0 aliphatic rings. The Balaban J connectivity index is 1.78. The van der Waals surface area contributed by atoms with Gasteiger partial charge < -0.3 is 9.73 Å². The molecule has 1 unspecified atom stereocenters. The molecule has 1 aromatic heterocycles. The summed E-state index contributed by atoms with van der Waals surface area (Å²) in [5.41, 5.74) is 2.41. The summed E-state index contributed by atoms with van der Waals surface area (Å²) in [7, 11) is 0. The highest BCUT2D eigenvalue weighted by molar-refractivity contribution is 5.67. The van der Waals surface area contributed by atoms with Crippen molar-refractivity contribution in [3.8, 4) is 6.07 Å². The van der Waals surface area contributed by atoms with Crippen LogP contribution in [0.1, 0.15) is 35.7 Å². The number of hydrogen-bond acceptors (Lipinski definition) is 4. The highest BCUT2D eigenvalue weighted by Crippen LogP contribution is 2.24. The minimum Gasteiger partial charge on any atom is -0.420 e. The largest absolute Gasteiger partial charge is 0.420 e. The van der Waals surface area contributed by atoms with Crippen molar-refractivity contribution in [2.24, 2.45) is 0 Å². The third-order valence-electron chi connectivity index (χ3n) is 3.61. The molecule has 0 amide bonds. The van der Waals surface area contributed by atoms with E-state index in [1.165, 1.54) is 0 Å². The van der Waals surface area contributed by atoms with Crippen LogP contribution < -0.4 is 5.32 Å². The molecule has 0 aliphatic heterocycles. The summed E-state index contributed by atoms with van der Waals surface area (Å²) >= 11 is 0. The second-order valence-electron chi connectivity index (χ2n) is 5.36. The molecule has 0 radical (unpaired) electrons. The van der Waals surface area contributed by atoms with Crippen LogP contribution >= 0.6 is 0 Å². The van der Waals surface area contributed by atoms with Gasteiger partial charge in [-0.1, -0.05) is 60.7 Å². The zero-order valence-electron chi connectivity index (χ0n) is 13.3. The van der Waals surface area contributed by atoms with Gasteiger partial charge in [-0.2, -0.15) is 10.2 Å². The first-order chi connectivity index (χ1) is 11.8. The van der Waals surface area contributed by atoms with E-state index in [9.17, 15) is 5.26 Å². The Morgan fingerprint density at radius 3 is 2.38 bits per heavy atom. The lowest BCUT2D eigenvalue weighted by molar-refractivity contribution is 0.552. The maximum Gasteiger partial charge on any atom is 0.233 e. The van der Waals surface area contributed by atoms with Crippen LogP contribution in [-0.4, -0.2) is 4.98 Å². The first-order valence-electron chi connectivity index (χ1n) is 7.72. The maximum absolute atomic E-state index is 9.26. The molecule has 4 nitrogen and oxygen atoms in total. The van der Waals surface area contributed by atoms with Crippen LogP contribution in [0.25, 0.3) is 12.2 Å². The maximum atomic E-state index is 9.26. The van der Waals surface area contributed by atoms with Gasteiger partial charge in [0.05, 0.1) is 6.04 Å². The Morgan fingerprint density at radius 2 is 1.71 bits per heavy atom. The summed E-state index contributed by atoms with van der Waals surface area (Å²) in [6, 6.07) is 21.9. The quantitative estimate of drug-likeness (QED) is 0.728. The number of hydrogen-bond donors (Lipinski definition) is 1. The molecule has 0 aliphatic carbocycles. The molecule has 3 rings (SSSR count). The number of rotatable bonds is 5. The van der Waals surface area contributed by atoms with Crippen LogP contribution in [0.15, 0.2) is 65.1 Å². The molecule has 1 heterocycles. The molecule has 24 heavy (non-hydrogen) atoms. The van der Waals surface area contributed by atoms with Crippen LogP contribution in [0, 0.1) is 11.3 Å². The average molecular weight is 315 g/mol. The molecule has 0 saturated heterocycles. The molecule has 1 N–H and O–H groups in total. The van der Waals surface area contributed by atoms with Gasteiger partial charge in [0.15, 0.2) is 0 Å². The van der Waals surface area contributed by atoms with E-state index in [0.29, 0.717) is 11.8 Å². The normalized spacial score (nSPS) is 12.0. The molecule has 0 saturated carbocycles. The van der Waals surface area contributed by atoms with Gasteiger partial charge in [-0.15, -0.1) is 0 Å². The zero-order chi connectivity index (χ0) is 16.8. The fourth-order valence-electron chi connectivity index (χ4n) is 2.33. The third-order valence-corrected chi connectivity index (χ3v) is 3.61. The lowest BCUT2D eigenvalue weighted by atomic mass is 10.1. The molecule has 0 spiro atoms. The van der Waals surface area contributed by atoms with Gasteiger partial charge in [0.25, 0.3) is 0 Å². The van der Waals surface area contributed by atoms with Crippen molar-refractivity contribution in [1.82, 2.24) is 4.98 Å². The Hall–Kier alpha value is -3.32. The van der Waals surface area contributed by atoms with Crippen molar-refractivity contribution >= 4 is 18.0 Å². The van der Waals surface area contributed by atoms with Crippen LogP contribution in [0.2, 0.25) is 0 Å². The summed E-state index contributed by atoms with van der Waals surface area (Å²) in [4.78, 5) is 4.21. The zero-order valence-corrected chi connectivity index (χ0v) is 13.3. The van der Waals surface area contributed by atoms with E-state index in [2.05, 4.69) is 16.4 Å². The van der Waals surface area contributed by atoms with Crippen LogP contribution in [0.5, 0.6) is 0 Å². The lowest BCUT2D eigenvalue weighted by Crippen LogP contribution is -2.06. The molecule has 3 aromatic rings. The van der Waals surface area contributed by atoms with Crippen LogP contribution in [0.3, 0.4) is 0 Å². The first kappa shape index (κ1) is 15.6. The van der Waals surface area contributed by atoms with E-state index in [-0.39, 0.29) is 11.7 Å². The van der Waals surface area contributed by atoms with Crippen molar-refractivity contribution in [2.45, 2.75) is 13.0 Å². The number of benzene rings is 2. The third kappa shape index (κ3) is 3.71. The van der Waals surface area contributed by atoms with Crippen molar-refractivity contribution < 1.29 is 4.42 Å². The van der Waals surface area contributed by atoms with Crippen molar-refractivity contribution in [3.63, 3.8) is 0 Å². The van der Waals surface area contributed by atoms with Crippen molar-refractivity contribution in [2.75, 3.05) is 5.32 Å². The predicted molar refractivity (Wildman–Crippen MR) is 95.1 cm³/mol. The second-order valence-corrected chi connectivity index (χ2v) is 5.36. The van der Waals surface area contributed by atoms with Gasteiger partial charge in [-0.05, 0) is 24.1 Å². The Bertz CT molecular complexity index is 861. The first-order valence-corrected chi connectivity index (χ1v) is 7.72. The SMILES string of the molecule is CC(Nc1oc(/C=C/c2ccccc2)nc1C#N)c1ccccc1. The van der Waals surface area contributed by atoms with Crippen molar-refractivity contribution in [3.05, 3.63) is 83.4 Å². The van der Waals surface area contributed by atoms with Gasteiger partial charge >= 0.3 is 0 Å². The molecule has 118 valence electrons. The highest BCUT2D eigenvalue weighted by Gasteiger charge is 2.14. The van der Waals surface area contributed by atoms with E-state index >= 15 is 0 Å². The average Bonchev–Trinajstić information content (AvgIpc) is 3.03. The number of nitrogens with zero attached hydrogens (tertiary/aromatic N) is 2. The summed E-state index contributed by atoms with van der Waals surface area (Å²) < 4.78 is 5.69. The Kier molecular flexibility index (Phi) is 4.73. The number of aromatic nitrogens is 1. The molecular formula is C20H17N3O. The number of nitrogens with one attached hydrogen (secondary N) is 1. The van der Waals surface area contributed by atoms with Crippen LogP contribution in [0.4, 0.5) is 5.88 Å². The van der Waals surface area contributed by atoms with E-state index < -0.39 is 0 Å². The summed E-state index contributed by atoms with van der Waals surface area (Å²) in [5.74, 6) is 0.791. The van der Waals surface area contributed by atoms with E-state index in [0.717, 1.165) is 11.1 Å². The highest BCUT2D eigenvalue weighted by atomic mass is 16.4. The standard InChI is InChI=1S/C20H17N3O/c1-15(17-10-6-3-7-11-17)22-20-18(14-21)23-19(24-20)13-12-16-8-4-2-5-9-16/h2-13,15,22H,1H3/b13-12+. The molecule has 4 heteroatoms. The Morgan fingerprint density at radius 1 is 1.04 bits per heavy atom. The van der Waals surface area contributed by atoms with Crippen molar-refractivity contribution in [1.29, 1.82) is 5.26 Å². The molecular weight excluding hydrogens is 298 g/mol. The predicted octanol–water partition coefficient (Wildman–Crippen LogP) is 4.89. The van der Waals surface area contributed by atoms with E-state index in [4.69, 9.17) is 4.42 Å². The molecule has 0 fully saturated rings. The molecule has 2 aromatic carbocycles. The number of nitriles is 1.